The minimum atomic E-state index is -1.14. The van der Waals surface area contributed by atoms with Crippen LogP contribution in [0.1, 0.15) is 13.3 Å². The maximum absolute atomic E-state index is 10.9. The number of carboxylic acid groups (broad SMARTS) is 2. The number of para-hydroxylation sites is 1. The molecule has 2 aromatic rings. The first-order valence-corrected chi connectivity index (χ1v) is 7.59. The van der Waals surface area contributed by atoms with Crippen LogP contribution in [-0.4, -0.2) is 22.2 Å². The second-order valence-corrected chi connectivity index (χ2v) is 6.28. The third-order valence-corrected chi connectivity index (χ3v) is 3.91. The van der Waals surface area contributed by atoms with Crippen LogP contribution in [0.4, 0.5) is 0 Å². The summed E-state index contributed by atoms with van der Waals surface area (Å²) in [7, 11) is 0. The Bertz CT molecular complexity index is 772. The average Bonchev–Trinajstić information content (AvgIpc) is 2.95. The molecule has 0 saturated heterocycles. The third-order valence-electron chi connectivity index (χ3n) is 3.45. The molecule has 0 spiro atoms. The van der Waals surface area contributed by atoms with Gasteiger partial charge in [0.1, 0.15) is 5.58 Å². The Kier molecular flexibility index (Phi) is 5.05. The van der Waals surface area contributed by atoms with Crippen molar-refractivity contribution in [3.63, 3.8) is 0 Å². The molecule has 0 amide bonds. The molecule has 23 heavy (non-hydrogen) atoms. The van der Waals surface area contributed by atoms with Gasteiger partial charge < -0.3 is 14.6 Å². The van der Waals surface area contributed by atoms with Crippen LogP contribution < -0.4 is 0 Å². The lowest BCUT2D eigenvalue weighted by molar-refractivity contribution is -0.145. The average molecular weight is 379 g/mol. The lowest BCUT2D eigenvalue weighted by atomic mass is 9.80. The summed E-state index contributed by atoms with van der Waals surface area (Å²) < 4.78 is 5.61. The van der Waals surface area contributed by atoms with Crippen LogP contribution in [0.3, 0.4) is 0 Å². The molecule has 2 N–H and O–H groups in total. The number of hydrogen-bond donors (Lipinski definition) is 2. The van der Waals surface area contributed by atoms with E-state index >= 15 is 0 Å². The number of aliphatic carboxylic acids is 2. The zero-order valence-electron chi connectivity index (χ0n) is 12.3. The fourth-order valence-corrected chi connectivity index (χ4v) is 2.97. The van der Waals surface area contributed by atoms with E-state index in [1.54, 1.807) is 6.26 Å². The van der Waals surface area contributed by atoms with E-state index in [1.807, 2.05) is 30.3 Å². The van der Waals surface area contributed by atoms with Gasteiger partial charge in [-0.05, 0) is 31.6 Å². The largest absolute Gasteiger partial charge is 0.481 e. The molecule has 1 aromatic heterocycles. The summed E-state index contributed by atoms with van der Waals surface area (Å²) in [6.45, 7) is 1.49. The summed E-state index contributed by atoms with van der Waals surface area (Å²) in [5.74, 6) is -2.11. The van der Waals surface area contributed by atoms with Gasteiger partial charge in [-0.15, -0.1) is 0 Å². The predicted molar refractivity (Wildman–Crippen MR) is 89.3 cm³/mol. The van der Waals surface area contributed by atoms with Gasteiger partial charge in [-0.3, -0.25) is 4.79 Å². The van der Waals surface area contributed by atoms with Crippen molar-refractivity contribution in [3.05, 3.63) is 58.8 Å². The topological polar surface area (TPSA) is 87.7 Å². The minimum Gasteiger partial charge on any atom is -0.481 e. The van der Waals surface area contributed by atoms with Crippen molar-refractivity contribution in [2.24, 2.45) is 5.41 Å². The SMILES string of the molecule is CC1(C(=O)O)C=C(Br)C=C(C(=O)O)C1.c1ccc2occc2c1. The second kappa shape index (κ2) is 6.83. The maximum Gasteiger partial charge on any atom is 0.331 e. The zero-order chi connectivity index (χ0) is 17.0. The summed E-state index contributed by atoms with van der Waals surface area (Å²) in [4.78, 5) is 21.6. The first-order valence-electron chi connectivity index (χ1n) is 6.80. The summed E-state index contributed by atoms with van der Waals surface area (Å²) in [5.41, 5.74) is -0.0804. The smallest absolute Gasteiger partial charge is 0.331 e. The number of benzene rings is 1. The predicted octanol–water partition coefficient (Wildman–Crippen LogP) is 4.20. The highest BCUT2D eigenvalue weighted by molar-refractivity contribution is 9.11. The number of carbonyl (C=O) groups is 2. The molecule has 1 atom stereocenters. The van der Waals surface area contributed by atoms with Crippen LogP contribution in [0.2, 0.25) is 0 Å². The van der Waals surface area contributed by atoms with E-state index in [4.69, 9.17) is 14.6 Å². The molecule has 1 aromatic carbocycles. The Labute approximate surface area is 141 Å². The molecule has 0 aliphatic heterocycles. The van der Waals surface area contributed by atoms with E-state index in [2.05, 4.69) is 15.9 Å². The minimum absolute atomic E-state index is 0.00671. The Balaban J connectivity index is 0.000000182. The van der Waals surface area contributed by atoms with Crippen LogP contribution >= 0.6 is 15.9 Å². The quantitative estimate of drug-likeness (QED) is 0.817. The van der Waals surface area contributed by atoms with E-state index in [0.29, 0.717) is 4.48 Å². The number of furan rings is 1. The van der Waals surface area contributed by atoms with Crippen LogP contribution in [0.5, 0.6) is 0 Å². The molecule has 3 rings (SSSR count). The molecule has 1 aliphatic carbocycles. The van der Waals surface area contributed by atoms with Crippen LogP contribution in [0, 0.1) is 5.41 Å². The number of rotatable bonds is 2. The fraction of sp³-hybridized carbons (Fsp3) is 0.176. The fourth-order valence-electron chi connectivity index (χ4n) is 2.19. The molecule has 1 heterocycles. The molecule has 1 unspecified atom stereocenters. The van der Waals surface area contributed by atoms with Gasteiger partial charge in [-0.2, -0.15) is 0 Å². The molecule has 120 valence electrons. The third kappa shape index (κ3) is 4.10. The van der Waals surface area contributed by atoms with Gasteiger partial charge in [-0.25, -0.2) is 4.79 Å². The highest BCUT2D eigenvalue weighted by Gasteiger charge is 2.36. The molecular formula is C17H15BrO5. The molecule has 1 aliphatic rings. The van der Waals surface area contributed by atoms with Crippen molar-refractivity contribution < 1.29 is 24.2 Å². The molecule has 5 nitrogen and oxygen atoms in total. The Morgan fingerprint density at radius 2 is 1.91 bits per heavy atom. The van der Waals surface area contributed by atoms with Crippen molar-refractivity contribution in [2.45, 2.75) is 13.3 Å². The van der Waals surface area contributed by atoms with E-state index < -0.39 is 17.4 Å². The van der Waals surface area contributed by atoms with Crippen molar-refractivity contribution in [1.82, 2.24) is 0 Å². The van der Waals surface area contributed by atoms with Crippen LogP contribution in [0.25, 0.3) is 11.0 Å². The number of allylic oxidation sites excluding steroid dienone is 2. The van der Waals surface area contributed by atoms with Crippen molar-refractivity contribution in [1.29, 1.82) is 0 Å². The molecule has 0 bridgehead atoms. The van der Waals surface area contributed by atoms with Crippen molar-refractivity contribution in [3.8, 4) is 0 Å². The van der Waals surface area contributed by atoms with E-state index in [1.165, 1.54) is 19.1 Å². The first kappa shape index (κ1) is 17.0. The monoisotopic (exact) mass is 378 g/mol. The number of hydrogen-bond acceptors (Lipinski definition) is 3. The summed E-state index contributed by atoms with van der Waals surface area (Å²) in [6.07, 6.45) is 4.63. The van der Waals surface area contributed by atoms with Gasteiger partial charge in [0.05, 0.1) is 11.7 Å². The van der Waals surface area contributed by atoms with Crippen molar-refractivity contribution in [2.75, 3.05) is 0 Å². The van der Waals surface area contributed by atoms with E-state index in [-0.39, 0.29) is 12.0 Å². The second-order valence-electron chi connectivity index (χ2n) is 5.36. The van der Waals surface area contributed by atoms with Gasteiger partial charge in [0.2, 0.25) is 0 Å². The summed E-state index contributed by atoms with van der Waals surface area (Å²) in [5, 5.41) is 18.9. The van der Waals surface area contributed by atoms with Gasteiger partial charge in [0, 0.05) is 15.4 Å². The lowest BCUT2D eigenvalue weighted by Gasteiger charge is -2.24. The Morgan fingerprint density at radius 1 is 1.22 bits per heavy atom. The molecule has 6 heteroatoms. The summed E-state index contributed by atoms with van der Waals surface area (Å²) in [6, 6.07) is 9.90. The van der Waals surface area contributed by atoms with Crippen molar-refractivity contribution >= 4 is 38.8 Å². The number of halogens is 1. The highest BCUT2D eigenvalue weighted by Crippen LogP contribution is 2.35. The standard InChI is InChI=1S/C9H9BrO4.C8H6O/c1-9(8(13)14)3-5(7(11)12)2-6(10)4-9;1-2-4-8-7(3-1)5-6-9-8/h2,4H,3H2,1H3,(H,11,12)(H,13,14);1-6H. The molecule has 0 saturated carbocycles. The number of fused-ring (bicyclic) bond motifs is 1. The van der Waals surface area contributed by atoms with E-state index in [9.17, 15) is 9.59 Å². The van der Waals surface area contributed by atoms with Crippen LogP contribution in [-0.2, 0) is 9.59 Å². The zero-order valence-corrected chi connectivity index (χ0v) is 13.9. The highest BCUT2D eigenvalue weighted by atomic mass is 79.9. The van der Waals surface area contributed by atoms with Gasteiger partial charge in [0.15, 0.2) is 0 Å². The van der Waals surface area contributed by atoms with Crippen LogP contribution in [0.15, 0.2) is 63.2 Å². The normalized spacial score (nSPS) is 20.1. The van der Waals surface area contributed by atoms with Gasteiger partial charge in [-0.1, -0.05) is 40.2 Å². The first-order chi connectivity index (χ1) is 10.8. The summed E-state index contributed by atoms with van der Waals surface area (Å²) >= 11 is 3.10. The Morgan fingerprint density at radius 3 is 2.52 bits per heavy atom. The maximum atomic E-state index is 10.9. The lowest BCUT2D eigenvalue weighted by Crippen LogP contribution is -2.29. The van der Waals surface area contributed by atoms with E-state index in [0.717, 1.165) is 11.0 Å². The molecule has 0 radical (unpaired) electrons. The van der Waals surface area contributed by atoms with Gasteiger partial charge >= 0.3 is 11.9 Å². The molecular weight excluding hydrogens is 364 g/mol. The number of carboxylic acids is 2. The van der Waals surface area contributed by atoms with Gasteiger partial charge in [0.25, 0.3) is 0 Å². The Hall–Kier alpha value is -2.34. The molecule has 0 fully saturated rings.